The number of nitrogens with zero attached hydrogens (tertiary/aromatic N) is 2. The molecular formula is C80H134N2O4S3. The molecule has 0 saturated carbocycles. The minimum Gasteiger partial charge on any atom is -0.381 e. The predicted molar refractivity (Wildman–Crippen MR) is 392 cm³/mol. The second kappa shape index (κ2) is 49.9. The van der Waals surface area contributed by atoms with Crippen LogP contribution < -0.4 is 0 Å². The topological polar surface area (TPSA) is 59.1 Å². The fourth-order valence-electron chi connectivity index (χ4n) is 13.8. The van der Waals surface area contributed by atoms with Gasteiger partial charge in [-0.1, -0.05) is 285 Å². The Bertz CT molecular complexity index is 2320. The molecule has 2 atom stereocenters. The van der Waals surface area contributed by atoms with Gasteiger partial charge in [-0.2, -0.15) is 0 Å². The summed E-state index contributed by atoms with van der Waals surface area (Å²) in [5, 5.41) is 0. The molecule has 5 heterocycles. The largest absolute Gasteiger partial charge is 0.381 e. The van der Waals surface area contributed by atoms with Crippen LogP contribution in [0.25, 0.3) is 25.2 Å². The van der Waals surface area contributed by atoms with E-state index in [2.05, 4.69) is 71.0 Å². The van der Waals surface area contributed by atoms with Crippen LogP contribution in [0.5, 0.6) is 0 Å². The predicted octanol–water partition coefficient (Wildman–Crippen LogP) is 26.3. The van der Waals surface area contributed by atoms with Crippen LogP contribution in [-0.4, -0.2) is 61.1 Å². The molecule has 3 aromatic heterocycles. The smallest absolute Gasteiger partial charge is 0.261 e. The first kappa shape index (κ1) is 77.1. The molecule has 506 valence electrons. The van der Waals surface area contributed by atoms with Gasteiger partial charge >= 0.3 is 0 Å². The summed E-state index contributed by atoms with van der Waals surface area (Å²) in [4.78, 5) is 40.7. The fourth-order valence-corrected chi connectivity index (χ4v) is 16.9. The Morgan fingerprint density at radius 2 is 0.618 bits per heavy atom. The van der Waals surface area contributed by atoms with Gasteiger partial charge in [-0.3, -0.25) is 9.59 Å². The van der Waals surface area contributed by atoms with Crippen LogP contribution in [0.4, 0.5) is 0 Å². The molecule has 2 unspecified atom stereocenters. The van der Waals surface area contributed by atoms with Gasteiger partial charge in [0.1, 0.15) is 0 Å². The summed E-state index contributed by atoms with van der Waals surface area (Å²) in [5.41, 5.74) is 2.92. The summed E-state index contributed by atoms with van der Waals surface area (Å²) in [6, 6.07) is 13.3. The van der Waals surface area contributed by atoms with Gasteiger partial charge in [0.05, 0.1) is 21.7 Å². The average molecular weight is 1280 g/mol. The van der Waals surface area contributed by atoms with E-state index in [-0.39, 0.29) is 11.8 Å². The van der Waals surface area contributed by atoms with Crippen LogP contribution in [0.2, 0.25) is 0 Å². The van der Waals surface area contributed by atoms with Crippen LogP contribution >= 0.6 is 34.0 Å². The Morgan fingerprint density at radius 3 is 0.989 bits per heavy atom. The summed E-state index contributed by atoms with van der Waals surface area (Å²) in [7, 11) is 0. The summed E-state index contributed by atoms with van der Waals surface area (Å²) in [6.07, 6.45) is 63.4. The lowest BCUT2D eigenvalue weighted by Gasteiger charge is -2.23. The van der Waals surface area contributed by atoms with Crippen LogP contribution in [-0.2, 0) is 19.1 Å². The Labute approximate surface area is 560 Å². The molecule has 0 saturated heterocycles. The quantitative estimate of drug-likeness (QED) is 0.0529. The first-order chi connectivity index (χ1) is 43.8. The molecule has 0 aromatic carbocycles. The molecule has 5 rings (SSSR count). The number of hydrogen-bond acceptors (Lipinski definition) is 7. The third kappa shape index (κ3) is 31.0. The van der Waals surface area contributed by atoms with Crippen LogP contribution in [0, 0.1) is 18.8 Å². The third-order valence-electron chi connectivity index (χ3n) is 19.5. The molecule has 0 aliphatic carbocycles. The number of hydrogen-bond donors (Lipinski definition) is 0. The maximum atomic E-state index is 14.8. The summed E-state index contributed by atoms with van der Waals surface area (Å²) in [5.74, 6) is 1.38. The molecule has 2 aliphatic rings. The van der Waals surface area contributed by atoms with Crippen molar-refractivity contribution in [2.75, 3.05) is 39.5 Å². The van der Waals surface area contributed by atoms with E-state index in [0.717, 1.165) is 94.1 Å². The highest BCUT2D eigenvalue weighted by molar-refractivity contribution is 7.26. The van der Waals surface area contributed by atoms with E-state index >= 15 is 0 Å². The van der Waals surface area contributed by atoms with Crippen molar-refractivity contribution in [1.82, 2.24) is 9.80 Å². The first-order valence-corrected chi connectivity index (χ1v) is 40.8. The van der Waals surface area contributed by atoms with Crippen molar-refractivity contribution in [3.63, 3.8) is 0 Å². The second-order valence-corrected chi connectivity index (χ2v) is 31.0. The molecule has 2 amide bonds. The van der Waals surface area contributed by atoms with E-state index in [4.69, 9.17) is 9.47 Å². The van der Waals surface area contributed by atoms with Crippen LogP contribution in [0.3, 0.4) is 0 Å². The van der Waals surface area contributed by atoms with Gasteiger partial charge in [0.25, 0.3) is 11.8 Å². The maximum Gasteiger partial charge on any atom is 0.261 e. The normalized spacial score (nSPS) is 14.3. The van der Waals surface area contributed by atoms with Crippen molar-refractivity contribution < 1.29 is 19.1 Å². The van der Waals surface area contributed by atoms with Gasteiger partial charge in [0.2, 0.25) is 0 Å². The maximum absolute atomic E-state index is 14.8. The molecule has 0 radical (unpaired) electrons. The molecule has 89 heavy (non-hydrogen) atoms. The van der Waals surface area contributed by atoms with Crippen molar-refractivity contribution in [2.24, 2.45) is 11.8 Å². The highest BCUT2D eigenvalue weighted by atomic mass is 32.1. The lowest BCUT2D eigenvalue weighted by Crippen LogP contribution is -2.30. The fraction of sp³-hybridized carbons (Fsp3) is 0.775. The van der Waals surface area contributed by atoms with E-state index in [0.29, 0.717) is 36.1 Å². The van der Waals surface area contributed by atoms with E-state index < -0.39 is 0 Å². The second-order valence-electron chi connectivity index (χ2n) is 27.5. The number of unbranched alkanes of at least 4 members (excludes halogenated alkanes) is 38. The molecule has 2 aliphatic heterocycles. The molecule has 0 N–H and O–H groups in total. The molecular weight excluding hydrogens is 1150 g/mol. The van der Waals surface area contributed by atoms with Gasteiger partial charge in [0.15, 0.2) is 0 Å². The number of carbonyl (C=O) groups is 2. The van der Waals surface area contributed by atoms with Crippen molar-refractivity contribution in [2.45, 2.75) is 350 Å². The monoisotopic (exact) mass is 1280 g/mol. The van der Waals surface area contributed by atoms with Gasteiger partial charge in [-0.25, -0.2) is 0 Å². The van der Waals surface area contributed by atoms with Gasteiger partial charge < -0.3 is 19.3 Å². The van der Waals surface area contributed by atoms with Gasteiger partial charge in [-0.05, 0) is 113 Å². The highest BCUT2D eigenvalue weighted by Gasteiger charge is 2.47. The highest BCUT2D eigenvalue weighted by Crippen LogP contribution is 2.47. The zero-order valence-corrected chi connectivity index (χ0v) is 61.0. The number of carbonyl (C=O) groups excluding carboxylic acids is 2. The van der Waals surface area contributed by atoms with Crippen molar-refractivity contribution >= 4 is 51.5 Å². The number of amides is 2. The third-order valence-corrected chi connectivity index (χ3v) is 23.1. The Hall–Kier alpha value is -2.56. The summed E-state index contributed by atoms with van der Waals surface area (Å²) >= 11 is 5.39. The molecule has 0 fully saturated rings. The minimum absolute atomic E-state index is 0.00378. The van der Waals surface area contributed by atoms with E-state index in [9.17, 15) is 9.59 Å². The van der Waals surface area contributed by atoms with Crippen LogP contribution in [0.15, 0.2) is 53.2 Å². The Balaban J connectivity index is 1.09. The molecule has 0 spiro atoms. The van der Waals surface area contributed by atoms with Crippen molar-refractivity contribution in [3.05, 3.63) is 63.0 Å². The summed E-state index contributed by atoms with van der Waals surface area (Å²) < 4.78 is 12.9. The average Bonchev–Trinajstić information content (AvgIpc) is 1.58. The SMILES string of the molecule is CCCCCCCCCCCCC(CCCCCCCCCC)COCCCCCCN1C(=O)C2=C(c3ccc(-c4ccc(-c5ccc(C)s5)s4)s3)N(CCCCCCOCC(CCCCCCCCCC)CCCCCCCCCCCC)C(=O)C2=C1C. The number of ether oxygens (including phenoxy) is 2. The Morgan fingerprint density at radius 1 is 0.326 bits per heavy atom. The van der Waals surface area contributed by atoms with E-state index in [1.165, 1.54) is 281 Å². The lowest BCUT2D eigenvalue weighted by molar-refractivity contribution is -0.124. The number of rotatable bonds is 61. The van der Waals surface area contributed by atoms with E-state index in [1.807, 2.05) is 39.4 Å². The molecule has 0 bridgehead atoms. The van der Waals surface area contributed by atoms with E-state index in [1.54, 1.807) is 11.3 Å². The van der Waals surface area contributed by atoms with Crippen molar-refractivity contribution in [3.8, 4) is 19.5 Å². The number of aryl methyl sites for hydroxylation is 1. The number of thiophene rings is 3. The van der Waals surface area contributed by atoms with Gasteiger partial charge in [0, 0.05) is 69.6 Å². The zero-order chi connectivity index (χ0) is 63.2. The first-order valence-electron chi connectivity index (χ1n) is 38.3. The number of allylic oxidation sites excluding steroid dienone is 1. The molecule has 9 heteroatoms. The standard InChI is InChI=1S/C80H134N2O4S3/c1-7-11-15-19-23-27-29-33-37-45-53-69(51-43-35-31-25-21-17-13-9-3)65-85-63-49-41-39-47-61-81-68(6)76-77(80(81)84)78(75-60-59-74(89-75)73-58-57-72(88-73)71-56-55-67(5)87-71)82(79(76)83)62-48-40-42-50-64-86-66-70(52-44-36-32-26-22-18-14-10-4)54-46-38-34-30-28-24-20-16-12-8-2/h55-60,69-70H,7-54,61-66H2,1-6H3. The minimum atomic E-state index is 0.00378. The van der Waals surface area contributed by atoms with Gasteiger partial charge in [-0.15, -0.1) is 34.0 Å². The van der Waals surface area contributed by atoms with Crippen LogP contribution in [0.1, 0.15) is 353 Å². The molecule has 6 nitrogen and oxygen atoms in total. The zero-order valence-electron chi connectivity index (χ0n) is 58.6. The lowest BCUT2D eigenvalue weighted by atomic mass is 9.94. The molecule has 3 aromatic rings. The Kier molecular flexibility index (Phi) is 43.3. The number of fused-ring (bicyclic) bond motifs is 1. The van der Waals surface area contributed by atoms with Crippen molar-refractivity contribution in [1.29, 1.82) is 0 Å². The summed E-state index contributed by atoms with van der Waals surface area (Å²) in [6.45, 7) is 18.1.